The Labute approximate surface area is 129 Å². The van der Waals surface area contributed by atoms with E-state index >= 15 is 0 Å². The molecule has 7 heteroatoms. The summed E-state index contributed by atoms with van der Waals surface area (Å²) in [7, 11) is 0. The van der Waals surface area contributed by atoms with Crippen molar-refractivity contribution in [2.75, 3.05) is 12.0 Å². The Hall–Kier alpha value is -1.67. The van der Waals surface area contributed by atoms with Gasteiger partial charge in [-0.15, -0.1) is 0 Å². The largest absolute Gasteiger partial charge is 0.462 e. The number of rotatable bonds is 5. The molecule has 1 aromatic rings. The molecule has 1 aliphatic heterocycles. The minimum absolute atomic E-state index is 0.170. The number of hydrazone groups is 1. The topological polar surface area (TPSA) is 104 Å². The van der Waals surface area contributed by atoms with Crippen LogP contribution in [0.5, 0.6) is 5.75 Å². The van der Waals surface area contributed by atoms with E-state index < -0.39 is 24.6 Å². The average Bonchev–Trinajstić information content (AvgIpc) is 2.52. The van der Waals surface area contributed by atoms with Crippen molar-refractivity contribution in [1.82, 2.24) is 0 Å². The molecule has 122 valence electrons. The molecular formula is C15H22N2O5. The van der Waals surface area contributed by atoms with E-state index in [2.05, 4.69) is 10.5 Å². The number of ether oxygens (including phenoxy) is 2. The van der Waals surface area contributed by atoms with Crippen molar-refractivity contribution in [2.24, 2.45) is 5.10 Å². The normalized spacial score (nSPS) is 28.8. The van der Waals surface area contributed by atoms with E-state index in [-0.39, 0.29) is 13.0 Å². The van der Waals surface area contributed by atoms with Crippen molar-refractivity contribution >= 4 is 11.9 Å². The van der Waals surface area contributed by atoms with Crippen molar-refractivity contribution in [1.29, 1.82) is 0 Å². The van der Waals surface area contributed by atoms with E-state index in [0.29, 0.717) is 5.75 Å². The van der Waals surface area contributed by atoms with Crippen LogP contribution in [0.3, 0.4) is 0 Å². The van der Waals surface area contributed by atoms with Gasteiger partial charge >= 0.3 is 0 Å². The maximum Gasteiger partial charge on any atom is 0.229 e. The molecular weight excluding hydrogens is 288 g/mol. The number of nitrogens with zero attached hydrogens (tertiary/aromatic N) is 1. The van der Waals surface area contributed by atoms with Gasteiger partial charge in [-0.2, -0.15) is 5.10 Å². The Bertz CT molecular complexity index is 523. The van der Waals surface area contributed by atoms with Crippen LogP contribution in [0.2, 0.25) is 0 Å². The van der Waals surface area contributed by atoms with Gasteiger partial charge in [0, 0.05) is 18.2 Å². The molecule has 0 aromatic heterocycles. The first kappa shape index (κ1) is 16.7. The molecule has 1 heterocycles. The van der Waals surface area contributed by atoms with Gasteiger partial charge < -0.3 is 24.8 Å². The summed E-state index contributed by atoms with van der Waals surface area (Å²) < 4.78 is 11.2. The third kappa shape index (κ3) is 3.75. The fourth-order valence-corrected chi connectivity index (χ4v) is 2.25. The number of aliphatic hydroxyl groups is 3. The van der Waals surface area contributed by atoms with E-state index in [9.17, 15) is 15.3 Å². The zero-order chi connectivity index (χ0) is 16.1. The molecule has 4 unspecified atom stereocenters. The molecule has 1 fully saturated rings. The summed E-state index contributed by atoms with van der Waals surface area (Å²) >= 11 is 0. The van der Waals surface area contributed by atoms with Crippen LogP contribution >= 0.6 is 0 Å². The molecule has 22 heavy (non-hydrogen) atoms. The molecule has 4 N–H and O–H groups in total. The van der Waals surface area contributed by atoms with Gasteiger partial charge in [-0.05, 0) is 26.0 Å². The lowest BCUT2D eigenvalue weighted by Crippen LogP contribution is -2.51. The maximum atomic E-state index is 9.99. The fourth-order valence-electron chi connectivity index (χ4n) is 2.25. The summed E-state index contributed by atoms with van der Waals surface area (Å²) in [6.45, 7) is 3.40. The van der Waals surface area contributed by atoms with E-state index in [4.69, 9.17) is 9.47 Å². The van der Waals surface area contributed by atoms with Crippen molar-refractivity contribution in [2.45, 2.75) is 44.9 Å². The van der Waals surface area contributed by atoms with Gasteiger partial charge in [0.1, 0.15) is 11.9 Å². The Kier molecular flexibility index (Phi) is 5.73. The monoisotopic (exact) mass is 310 g/mol. The number of benzene rings is 1. The van der Waals surface area contributed by atoms with Gasteiger partial charge in [-0.1, -0.05) is 6.07 Å². The van der Waals surface area contributed by atoms with Gasteiger partial charge in [-0.3, -0.25) is 5.43 Å². The quantitative estimate of drug-likeness (QED) is 0.469. The lowest BCUT2D eigenvalue weighted by molar-refractivity contribution is -0.240. The van der Waals surface area contributed by atoms with Gasteiger partial charge in [-0.25, -0.2) is 0 Å². The fraction of sp³-hybridized carbons (Fsp3) is 0.533. The smallest absolute Gasteiger partial charge is 0.229 e. The molecule has 7 nitrogen and oxygen atoms in total. The minimum Gasteiger partial charge on any atom is -0.462 e. The first-order valence-corrected chi connectivity index (χ1v) is 7.19. The van der Waals surface area contributed by atoms with Gasteiger partial charge in [0.25, 0.3) is 0 Å². The Morgan fingerprint density at radius 1 is 1.45 bits per heavy atom. The minimum atomic E-state index is -1.17. The summed E-state index contributed by atoms with van der Waals surface area (Å²) in [5.41, 5.74) is 4.44. The lowest BCUT2D eigenvalue weighted by atomic mass is 10.0. The van der Waals surface area contributed by atoms with Crippen LogP contribution in [-0.4, -0.2) is 52.7 Å². The maximum absolute atomic E-state index is 9.99. The number of nitrogens with one attached hydrogen (secondary N) is 1. The highest BCUT2D eigenvalue weighted by Gasteiger charge is 2.38. The molecule has 1 aliphatic rings. The predicted molar refractivity (Wildman–Crippen MR) is 82.0 cm³/mol. The van der Waals surface area contributed by atoms with Crippen molar-refractivity contribution < 1.29 is 24.8 Å². The molecule has 1 saturated heterocycles. The summed E-state index contributed by atoms with van der Waals surface area (Å²) in [5, 5.41) is 32.9. The molecule has 0 radical (unpaired) electrons. The molecule has 4 atom stereocenters. The predicted octanol–water partition coefficient (Wildman–Crippen LogP) is 0.621. The molecule has 0 spiro atoms. The van der Waals surface area contributed by atoms with Crippen LogP contribution in [-0.2, 0) is 4.74 Å². The average molecular weight is 310 g/mol. The van der Waals surface area contributed by atoms with E-state index in [1.54, 1.807) is 25.3 Å². The standard InChI is InChI=1S/C15H22N2O5/c1-3-16-17-11-5-4-6-13(9(11)2)22-15-14(20)12(19)7-10(8-18)21-15/h3-6,10,12,14-15,17-20H,7-8H2,1-2H3/b16-3+. The van der Waals surface area contributed by atoms with Gasteiger partial charge in [0.15, 0.2) is 0 Å². The zero-order valence-electron chi connectivity index (χ0n) is 12.6. The first-order chi connectivity index (χ1) is 10.6. The number of aliphatic hydroxyl groups excluding tert-OH is 3. The van der Waals surface area contributed by atoms with Crippen LogP contribution in [0.1, 0.15) is 18.9 Å². The third-order valence-electron chi connectivity index (χ3n) is 3.55. The number of hydrogen-bond acceptors (Lipinski definition) is 7. The van der Waals surface area contributed by atoms with Crippen LogP contribution in [0.25, 0.3) is 0 Å². The van der Waals surface area contributed by atoms with Gasteiger partial charge in [0.05, 0.1) is 24.5 Å². The highest BCUT2D eigenvalue weighted by Crippen LogP contribution is 2.29. The van der Waals surface area contributed by atoms with Gasteiger partial charge in [0.2, 0.25) is 6.29 Å². The van der Waals surface area contributed by atoms with Crippen LogP contribution in [0.4, 0.5) is 5.69 Å². The number of anilines is 1. The molecule has 0 aliphatic carbocycles. The second kappa shape index (κ2) is 7.55. The SMILES string of the molecule is C/C=N/Nc1cccc(OC2OC(CO)CC(O)C2O)c1C. The Balaban J connectivity index is 2.15. The first-order valence-electron chi connectivity index (χ1n) is 7.19. The number of hydrogen-bond donors (Lipinski definition) is 4. The van der Waals surface area contributed by atoms with Crippen molar-refractivity contribution in [3.8, 4) is 5.75 Å². The highest BCUT2D eigenvalue weighted by atomic mass is 16.7. The lowest BCUT2D eigenvalue weighted by Gasteiger charge is -2.36. The Morgan fingerprint density at radius 2 is 2.23 bits per heavy atom. The van der Waals surface area contributed by atoms with E-state index in [1.165, 1.54) is 0 Å². The summed E-state index contributed by atoms with van der Waals surface area (Å²) in [6.07, 6.45) is -1.97. The molecule has 0 amide bonds. The van der Waals surface area contributed by atoms with Crippen molar-refractivity contribution in [3.05, 3.63) is 23.8 Å². The molecule has 0 bridgehead atoms. The van der Waals surface area contributed by atoms with E-state index in [0.717, 1.165) is 11.3 Å². The molecule has 0 saturated carbocycles. The van der Waals surface area contributed by atoms with Crippen molar-refractivity contribution in [3.63, 3.8) is 0 Å². The van der Waals surface area contributed by atoms with Crippen LogP contribution in [0.15, 0.2) is 23.3 Å². The molecule has 2 rings (SSSR count). The summed E-state index contributed by atoms with van der Waals surface area (Å²) in [4.78, 5) is 0. The molecule has 1 aromatic carbocycles. The highest BCUT2D eigenvalue weighted by molar-refractivity contribution is 5.60. The zero-order valence-corrected chi connectivity index (χ0v) is 12.6. The van der Waals surface area contributed by atoms with Crippen LogP contribution in [0, 0.1) is 6.92 Å². The second-order valence-corrected chi connectivity index (χ2v) is 5.15. The summed E-state index contributed by atoms with van der Waals surface area (Å²) in [6, 6.07) is 5.37. The second-order valence-electron chi connectivity index (χ2n) is 5.15. The third-order valence-corrected chi connectivity index (χ3v) is 3.55. The van der Waals surface area contributed by atoms with Crippen LogP contribution < -0.4 is 10.2 Å². The van der Waals surface area contributed by atoms with E-state index in [1.807, 2.05) is 13.0 Å². The summed E-state index contributed by atoms with van der Waals surface area (Å²) in [5.74, 6) is 0.506. The Morgan fingerprint density at radius 3 is 2.91 bits per heavy atom.